The van der Waals surface area contributed by atoms with Crippen LogP contribution in [0.2, 0.25) is 0 Å². The number of anilines is 1. The van der Waals surface area contributed by atoms with Crippen LogP contribution in [0, 0.1) is 6.92 Å². The van der Waals surface area contributed by atoms with Crippen LogP contribution in [0.5, 0.6) is 5.75 Å². The Morgan fingerprint density at radius 2 is 1.67 bits per heavy atom. The van der Waals surface area contributed by atoms with Crippen LogP contribution in [0.25, 0.3) is 17.1 Å². The molecule has 1 aromatic heterocycles. The van der Waals surface area contributed by atoms with Gasteiger partial charge in [-0.15, -0.1) is 10.2 Å². The average molecular weight is 417 g/mol. The zero-order chi connectivity index (χ0) is 20.9. The molecule has 1 amide bonds. The Labute approximate surface area is 178 Å². The zero-order valence-electron chi connectivity index (χ0n) is 16.3. The van der Waals surface area contributed by atoms with Gasteiger partial charge in [0.2, 0.25) is 5.91 Å². The fraction of sp³-hybridized carbons (Fsp3) is 0.0870. The van der Waals surface area contributed by atoms with Crippen LogP contribution in [-0.2, 0) is 4.79 Å². The van der Waals surface area contributed by atoms with Crippen molar-refractivity contribution in [3.63, 3.8) is 0 Å². The third kappa shape index (κ3) is 4.52. The Bertz CT molecular complexity index is 1140. The maximum atomic E-state index is 12.4. The lowest BCUT2D eigenvalue weighted by Crippen LogP contribution is -2.14. The number of aromatic nitrogens is 3. The molecule has 0 saturated carbocycles. The molecule has 30 heavy (non-hydrogen) atoms. The number of rotatable bonds is 6. The van der Waals surface area contributed by atoms with Crippen LogP contribution in [0.4, 0.5) is 5.69 Å². The van der Waals surface area contributed by atoms with Gasteiger partial charge in [0, 0.05) is 16.9 Å². The molecule has 0 radical (unpaired) electrons. The number of amides is 1. The Hall–Kier alpha value is -3.58. The summed E-state index contributed by atoms with van der Waals surface area (Å²) >= 11 is 1.32. The van der Waals surface area contributed by atoms with E-state index in [9.17, 15) is 9.90 Å². The first-order valence-corrected chi connectivity index (χ1v) is 10.4. The number of aromatic hydroxyl groups is 1. The maximum absolute atomic E-state index is 12.4. The van der Waals surface area contributed by atoms with Crippen molar-refractivity contribution in [2.24, 2.45) is 0 Å². The lowest BCUT2D eigenvalue weighted by Gasteiger charge is -2.10. The summed E-state index contributed by atoms with van der Waals surface area (Å²) in [6.45, 7) is 2.00. The van der Waals surface area contributed by atoms with Crippen molar-refractivity contribution in [2.45, 2.75) is 12.1 Å². The highest BCUT2D eigenvalue weighted by Gasteiger charge is 2.17. The van der Waals surface area contributed by atoms with E-state index in [1.54, 1.807) is 24.3 Å². The number of hydrogen-bond donors (Lipinski definition) is 2. The van der Waals surface area contributed by atoms with Gasteiger partial charge >= 0.3 is 0 Å². The van der Waals surface area contributed by atoms with Crippen LogP contribution in [0.3, 0.4) is 0 Å². The van der Waals surface area contributed by atoms with Gasteiger partial charge in [0.15, 0.2) is 11.0 Å². The number of thioether (sulfide) groups is 1. The summed E-state index contributed by atoms with van der Waals surface area (Å²) in [5, 5.41) is 21.8. The summed E-state index contributed by atoms with van der Waals surface area (Å²) < 4.78 is 1.91. The summed E-state index contributed by atoms with van der Waals surface area (Å²) in [6.07, 6.45) is 0. The Kier molecular flexibility index (Phi) is 5.81. The van der Waals surface area contributed by atoms with Gasteiger partial charge in [0.1, 0.15) is 5.75 Å². The SMILES string of the molecule is Cc1ccc(NC(=O)CSc2nnc(-c3ccc(O)cc3)n2-c2ccccc2)cc1. The molecule has 0 aliphatic heterocycles. The molecule has 0 unspecified atom stereocenters. The van der Waals surface area contributed by atoms with Crippen molar-refractivity contribution in [3.05, 3.63) is 84.4 Å². The second kappa shape index (κ2) is 8.84. The molecular weight excluding hydrogens is 396 g/mol. The summed E-state index contributed by atoms with van der Waals surface area (Å²) in [7, 11) is 0. The smallest absolute Gasteiger partial charge is 0.234 e. The predicted octanol–water partition coefficient (Wildman–Crippen LogP) is 4.68. The van der Waals surface area contributed by atoms with Gasteiger partial charge in [0.05, 0.1) is 5.75 Å². The lowest BCUT2D eigenvalue weighted by atomic mass is 10.2. The van der Waals surface area contributed by atoms with Gasteiger partial charge in [-0.2, -0.15) is 0 Å². The first-order valence-electron chi connectivity index (χ1n) is 9.40. The van der Waals surface area contributed by atoms with Gasteiger partial charge < -0.3 is 10.4 Å². The van der Waals surface area contributed by atoms with Crippen molar-refractivity contribution in [1.82, 2.24) is 14.8 Å². The molecule has 0 aliphatic rings. The van der Waals surface area contributed by atoms with Crippen LogP contribution < -0.4 is 5.32 Å². The van der Waals surface area contributed by atoms with Crippen molar-refractivity contribution in [2.75, 3.05) is 11.1 Å². The molecular formula is C23H20N4O2S. The zero-order valence-corrected chi connectivity index (χ0v) is 17.1. The number of para-hydroxylation sites is 1. The molecule has 150 valence electrons. The van der Waals surface area contributed by atoms with Crippen LogP contribution in [-0.4, -0.2) is 31.5 Å². The molecule has 4 rings (SSSR count). The van der Waals surface area contributed by atoms with E-state index in [1.807, 2.05) is 66.1 Å². The molecule has 2 N–H and O–H groups in total. The Morgan fingerprint density at radius 1 is 0.967 bits per heavy atom. The van der Waals surface area contributed by atoms with Crippen LogP contribution in [0.15, 0.2) is 84.0 Å². The highest BCUT2D eigenvalue weighted by atomic mass is 32.2. The largest absolute Gasteiger partial charge is 0.508 e. The van der Waals surface area contributed by atoms with Crippen LogP contribution >= 0.6 is 11.8 Å². The fourth-order valence-corrected chi connectivity index (χ4v) is 3.69. The summed E-state index contributed by atoms with van der Waals surface area (Å²) in [6, 6.07) is 24.2. The molecule has 0 bridgehead atoms. The molecule has 0 spiro atoms. The van der Waals surface area contributed by atoms with E-state index in [-0.39, 0.29) is 17.4 Å². The molecule has 0 fully saturated rings. The normalized spacial score (nSPS) is 10.7. The second-order valence-corrected chi connectivity index (χ2v) is 7.67. The molecule has 0 saturated heterocycles. The molecule has 1 heterocycles. The number of phenols is 1. The third-order valence-electron chi connectivity index (χ3n) is 4.44. The van der Waals surface area contributed by atoms with Crippen molar-refractivity contribution in [3.8, 4) is 22.8 Å². The minimum Gasteiger partial charge on any atom is -0.508 e. The van der Waals surface area contributed by atoms with E-state index in [0.717, 1.165) is 22.5 Å². The van der Waals surface area contributed by atoms with E-state index in [0.29, 0.717) is 11.0 Å². The predicted molar refractivity (Wildman–Crippen MR) is 119 cm³/mol. The number of phenolic OH excluding ortho intramolecular Hbond substituents is 1. The van der Waals surface area contributed by atoms with Gasteiger partial charge in [0.25, 0.3) is 0 Å². The standard InChI is InChI=1S/C23H20N4O2S/c1-16-7-11-18(12-8-16)24-21(29)15-30-23-26-25-22(17-9-13-20(28)14-10-17)27(23)19-5-3-2-4-6-19/h2-14,28H,15H2,1H3,(H,24,29). The quantitative estimate of drug-likeness (QED) is 0.446. The minimum atomic E-state index is -0.113. The summed E-state index contributed by atoms with van der Waals surface area (Å²) in [4.78, 5) is 12.4. The number of nitrogens with zero attached hydrogens (tertiary/aromatic N) is 3. The van der Waals surface area contributed by atoms with Crippen molar-refractivity contribution < 1.29 is 9.90 Å². The first kappa shape index (κ1) is 19.7. The fourth-order valence-electron chi connectivity index (χ4n) is 2.93. The van der Waals surface area contributed by atoms with Crippen molar-refractivity contribution in [1.29, 1.82) is 0 Å². The number of carbonyl (C=O) groups excluding carboxylic acids is 1. The first-order chi connectivity index (χ1) is 14.6. The lowest BCUT2D eigenvalue weighted by molar-refractivity contribution is -0.113. The van der Waals surface area contributed by atoms with E-state index in [4.69, 9.17) is 0 Å². The number of benzene rings is 3. The highest BCUT2D eigenvalue weighted by molar-refractivity contribution is 7.99. The third-order valence-corrected chi connectivity index (χ3v) is 5.37. The van der Waals surface area contributed by atoms with E-state index >= 15 is 0 Å². The van der Waals surface area contributed by atoms with Crippen molar-refractivity contribution >= 4 is 23.4 Å². The molecule has 7 heteroatoms. The molecule has 4 aromatic rings. The number of aryl methyl sites for hydroxylation is 1. The van der Waals surface area contributed by atoms with E-state index < -0.39 is 0 Å². The Balaban J connectivity index is 1.57. The highest BCUT2D eigenvalue weighted by Crippen LogP contribution is 2.28. The van der Waals surface area contributed by atoms with Gasteiger partial charge in [-0.1, -0.05) is 47.7 Å². The Morgan fingerprint density at radius 3 is 2.37 bits per heavy atom. The van der Waals surface area contributed by atoms with E-state index in [1.165, 1.54) is 11.8 Å². The summed E-state index contributed by atoms with van der Waals surface area (Å²) in [5.41, 5.74) is 3.62. The molecule has 6 nitrogen and oxygen atoms in total. The average Bonchev–Trinajstić information content (AvgIpc) is 3.19. The number of carbonyl (C=O) groups is 1. The van der Waals surface area contributed by atoms with Crippen LogP contribution in [0.1, 0.15) is 5.56 Å². The van der Waals surface area contributed by atoms with Gasteiger partial charge in [-0.25, -0.2) is 0 Å². The molecule has 3 aromatic carbocycles. The minimum absolute atomic E-state index is 0.113. The topological polar surface area (TPSA) is 80.0 Å². The number of hydrogen-bond acceptors (Lipinski definition) is 5. The maximum Gasteiger partial charge on any atom is 0.234 e. The van der Waals surface area contributed by atoms with Gasteiger partial charge in [-0.05, 0) is 55.5 Å². The monoisotopic (exact) mass is 416 g/mol. The van der Waals surface area contributed by atoms with Gasteiger partial charge in [-0.3, -0.25) is 9.36 Å². The number of nitrogens with one attached hydrogen (secondary N) is 1. The second-order valence-electron chi connectivity index (χ2n) is 6.73. The molecule has 0 aliphatic carbocycles. The summed E-state index contributed by atoms with van der Waals surface area (Å²) in [5.74, 6) is 0.918. The van der Waals surface area contributed by atoms with E-state index in [2.05, 4.69) is 15.5 Å². The molecule has 0 atom stereocenters.